The number of piperidine rings is 1. The summed E-state index contributed by atoms with van der Waals surface area (Å²) in [6.45, 7) is 9.98. The molecule has 4 unspecified atom stereocenters. The van der Waals surface area contributed by atoms with Crippen LogP contribution < -0.4 is 5.32 Å². The molecule has 0 aromatic heterocycles. The van der Waals surface area contributed by atoms with Gasteiger partial charge in [-0.05, 0) is 88.8 Å². The molecule has 0 aromatic carbocycles. The average Bonchev–Trinajstić information content (AvgIpc) is 3.08. The minimum atomic E-state index is 0.722. The average molecular weight is 278 g/mol. The molecule has 1 aliphatic heterocycles. The van der Waals surface area contributed by atoms with E-state index in [1.54, 1.807) is 25.7 Å². The van der Waals surface area contributed by atoms with E-state index in [0.717, 1.165) is 29.7 Å². The molecule has 1 N–H and O–H groups in total. The van der Waals surface area contributed by atoms with Crippen molar-refractivity contribution in [1.82, 2.24) is 10.2 Å². The Morgan fingerprint density at radius 3 is 2.50 bits per heavy atom. The Bertz CT molecular complexity index is 296. The van der Waals surface area contributed by atoms with E-state index >= 15 is 0 Å². The molecule has 2 nitrogen and oxygen atoms in total. The van der Waals surface area contributed by atoms with E-state index in [-0.39, 0.29) is 0 Å². The molecule has 3 aliphatic rings. The highest BCUT2D eigenvalue weighted by atomic mass is 15.1. The number of rotatable bonds is 6. The van der Waals surface area contributed by atoms with E-state index in [1.807, 2.05) is 0 Å². The van der Waals surface area contributed by atoms with Crippen LogP contribution in [0, 0.1) is 23.7 Å². The van der Waals surface area contributed by atoms with Crippen LogP contribution in [0.25, 0.3) is 0 Å². The maximum atomic E-state index is 3.69. The summed E-state index contributed by atoms with van der Waals surface area (Å²) in [5, 5.41) is 3.69. The summed E-state index contributed by atoms with van der Waals surface area (Å²) >= 11 is 0. The molecule has 3 rings (SSSR count). The summed E-state index contributed by atoms with van der Waals surface area (Å²) in [4.78, 5) is 2.79. The van der Waals surface area contributed by atoms with Gasteiger partial charge in [-0.1, -0.05) is 13.3 Å². The molecule has 0 radical (unpaired) electrons. The second-order valence-corrected chi connectivity index (χ2v) is 7.82. The van der Waals surface area contributed by atoms with Gasteiger partial charge in [0, 0.05) is 12.6 Å². The normalized spacial score (nSPS) is 36.6. The van der Waals surface area contributed by atoms with E-state index in [1.165, 1.54) is 45.4 Å². The highest BCUT2D eigenvalue weighted by Crippen LogP contribution is 2.48. The summed E-state index contributed by atoms with van der Waals surface area (Å²) in [5.41, 5.74) is 0. The molecule has 3 fully saturated rings. The van der Waals surface area contributed by atoms with Crippen molar-refractivity contribution in [2.75, 3.05) is 26.2 Å². The zero-order valence-corrected chi connectivity index (χ0v) is 13.6. The molecule has 0 aromatic rings. The van der Waals surface area contributed by atoms with Gasteiger partial charge in [0.15, 0.2) is 0 Å². The molecule has 0 spiro atoms. The first-order chi connectivity index (χ1) is 9.76. The summed E-state index contributed by atoms with van der Waals surface area (Å²) in [6, 6.07) is 0.722. The Morgan fingerprint density at radius 2 is 1.90 bits per heavy atom. The van der Waals surface area contributed by atoms with Crippen LogP contribution in [0.15, 0.2) is 0 Å². The lowest BCUT2D eigenvalue weighted by atomic mass is 9.86. The van der Waals surface area contributed by atoms with Gasteiger partial charge in [-0.25, -0.2) is 0 Å². The van der Waals surface area contributed by atoms with E-state index in [4.69, 9.17) is 0 Å². The van der Waals surface area contributed by atoms with Gasteiger partial charge in [0.25, 0.3) is 0 Å². The third-order valence-corrected chi connectivity index (χ3v) is 6.43. The summed E-state index contributed by atoms with van der Waals surface area (Å²) in [5.74, 6) is 4.18. The highest BCUT2D eigenvalue weighted by molar-refractivity contribution is 4.92. The second-order valence-electron chi connectivity index (χ2n) is 7.82. The van der Waals surface area contributed by atoms with E-state index in [9.17, 15) is 0 Å². The number of fused-ring (bicyclic) bond motifs is 2. The van der Waals surface area contributed by atoms with Gasteiger partial charge in [-0.3, -0.25) is 0 Å². The number of hydrogen-bond donors (Lipinski definition) is 1. The Balaban J connectivity index is 1.38. The lowest BCUT2D eigenvalue weighted by Gasteiger charge is -2.37. The molecular weight excluding hydrogens is 244 g/mol. The molecule has 2 aliphatic carbocycles. The quantitative estimate of drug-likeness (QED) is 0.799. The first-order valence-electron chi connectivity index (χ1n) is 9.22. The van der Waals surface area contributed by atoms with Crippen LogP contribution in [0.1, 0.15) is 58.8 Å². The van der Waals surface area contributed by atoms with Gasteiger partial charge in [0.05, 0.1) is 0 Å². The Labute approximate surface area is 125 Å². The third-order valence-electron chi connectivity index (χ3n) is 6.43. The molecule has 2 saturated carbocycles. The molecule has 1 saturated heterocycles. The smallest absolute Gasteiger partial charge is 0.00679 e. The van der Waals surface area contributed by atoms with Crippen LogP contribution in [-0.2, 0) is 0 Å². The molecule has 4 atom stereocenters. The van der Waals surface area contributed by atoms with Gasteiger partial charge in [0.1, 0.15) is 0 Å². The van der Waals surface area contributed by atoms with Gasteiger partial charge >= 0.3 is 0 Å². The van der Waals surface area contributed by atoms with Crippen molar-refractivity contribution in [2.45, 2.75) is 64.8 Å². The molecule has 0 amide bonds. The highest BCUT2D eigenvalue weighted by Gasteiger charge is 2.40. The summed E-state index contributed by atoms with van der Waals surface area (Å²) < 4.78 is 0. The SMILES string of the molecule is CCCNC(C)C1CCN(CC2CC3CCC2C3)CC1. The van der Waals surface area contributed by atoms with Crippen molar-refractivity contribution in [3.63, 3.8) is 0 Å². The predicted molar refractivity (Wildman–Crippen MR) is 85.9 cm³/mol. The fraction of sp³-hybridized carbons (Fsp3) is 1.00. The largest absolute Gasteiger partial charge is 0.314 e. The predicted octanol–water partition coefficient (Wildman–Crippen LogP) is 3.52. The number of nitrogens with one attached hydrogen (secondary N) is 1. The second kappa shape index (κ2) is 6.79. The number of nitrogens with zero attached hydrogens (tertiary/aromatic N) is 1. The van der Waals surface area contributed by atoms with Gasteiger partial charge in [0.2, 0.25) is 0 Å². The zero-order valence-electron chi connectivity index (χ0n) is 13.6. The van der Waals surface area contributed by atoms with E-state index in [0.29, 0.717) is 0 Å². The van der Waals surface area contributed by atoms with E-state index < -0.39 is 0 Å². The van der Waals surface area contributed by atoms with Crippen molar-refractivity contribution >= 4 is 0 Å². The first-order valence-corrected chi connectivity index (χ1v) is 9.22. The van der Waals surface area contributed by atoms with Crippen LogP contribution >= 0.6 is 0 Å². The van der Waals surface area contributed by atoms with Crippen molar-refractivity contribution in [3.8, 4) is 0 Å². The van der Waals surface area contributed by atoms with Crippen LogP contribution in [0.5, 0.6) is 0 Å². The monoisotopic (exact) mass is 278 g/mol. The number of hydrogen-bond acceptors (Lipinski definition) is 2. The van der Waals surface area contributed by atoms with Crippen LogP contribution in [0.4, 0.5) is 0 Å². The summed E-state index contributed by atoms with van der Waals surface area (Å²) in [6.07, 6.45) is 10.3. The van der Waals surface area contributed by atoms with Crippen LogP contribution in [0.2, 0.25) is 0 Å². The van der Waals surface area contributed by atoms with Gasteiger partial charge in [-0.15, -0.1) is 0 Å². The van der Waals surface area contributed by atoms with Gasteiger partial charge in [-0.2, -0.15) is 0 Å². The first kappa shape index (κ1) is 14.8. The Morgan fingerprint density at radius 1 is 1.10 bits per heavy atom. The topological polar surface area (TPSA) is 15.3 Å². The van der Waals surface area contributed by atoms with Crippen LogP contribution in [-0.4, -0.2) is 37.1 Å². The molecule has 2 bridgehead atoms. The van der Waals surface area contributed by atoms with Crippen molar-refractivity contribution in [3.05, 3.63) is 0 Å². The molecular formula is C18H34N2. The fourth-order valence-corrected chi connectivity index (χ4v) is 5.11. The van der Waals surface area contributed by atoms with Crippen LogP contribution in [0.3, 0.4) is 0 Å². The zero-order chi connectivity index (χ0) is 13.9. The Kier molecular flexibility index (Phi) is 5.04. The lowest BCUT2D eigenvalue weighted by Crippen LogP contribution is -2.43. The molecule has 2 heteroatoms. The van der Waals surface area contributed by atoms with Crippen molar-refractivity contribution in [1.29, 1.82) is 0 Å². The molecule has 1 heterocycles. The third kappa shape index (κ3) is 3.39. The van der Waals surface area contributed by atoms with Crippen molar-refractivity contribution < 1.29 is 0 Å². The number of likely N-dealkylation sites (tertiary alicyclic amines) is 1. The molecule has 116 valence electrons. The lowest BCUT2D eigenvalue weighted by molar-refractivity contribution is 0.127. The minimum Gasteiger partial charge on any atom is -0.314 e. The minimum absolute atomic E-state index is 0.722. The maximum Gasteiger partial charge on any atom is 0.00679 e. The van der Waals surface area contributed by atoms with E-state index in [2.05, 4.69) is 24.1 Å². The van der Waals surface area contributed by atoms with Gasteiger partial charge < -0.3 is 10.2 Å². The Hall–Kier alpha value is -0.0800. The molecule has 20 heavy (non-hydrogen) atoms. The summed E-state index contributed by atoms with van der Waals surface area (Å²) in [7, 11) is 0. The van der Waals surface area contributed by atoms with Crippen molar-refractivity contribution in [2.24, 2.45) is 23.7 Å². The fourth-order valence-electron chi connectivity index (χ4n) is 5.11. The maximum absolute atomic E-state index is 3.69. The standard InChI is InChI=1S/C18H34N2/c1-3-8-19-14(2)16-6-9-20(10-7-16)13-18-12-15-4-5-17(18)11-15/h14-19H,3-13H2,1-2H3.